The number of carbonyl (C=O) groups excluding carboxylic acids is 1. The first-order chi connectivity index (χ1) is 15.4. The summed E-state index contributed by atoms with van der Waals surface area (Å²) in [4.78, 5) is 25.7. The summed E-state index contributed by atoms with van der Waals surface area (Å²) >= 11 is 0. The van der Waals surface area contributed by atoms with E-state index in [-0.39, 0.29) is 18.3 Å². The highest BCUT2D eigenvalue weighted by atomic mass is 19.1. The Morgan fingerprint density at radius 1 is 1.31 bits per heavy atom. The summed E-state index contributed by atoms with van der Waals surface area (Å²) in [6, 6.07) is 11.4. The molecule has 0 spiro atoms. The molecular formula is C24H22FN5O2. The maximum absolute atomic E-state index is 14.0. The lowest BCUT2D eigenvalue weighted by Crippen LogP contribution is -2.27. The van der Waals surface area contributed by atoms with Gasteiger partial charge < -0.3 is 10.1 Å². The minimum Gasteiger partial charge on any atom is -0.489 e. The molecule has 1 amide bonds. The van der Waals surface area contributed by atoms with E-state index in [1.165, 1.54) is 18.3 Å². The van der Waals surface area contributed by atoms with E-state index < -0.39 is 11.3 Å². The highest BCUT2D eigenvalue weighted by molar-refractivity contribution is 5.95. The lowest BCUT2D eigenvalue weighted by molar-refractivity contribution is -0.117. The molecule has 1 aromatic carbocycles. The van der Waals surface area contributed by atoms with Crippen molar-refractivity contribution in [2.45, 2.75) is 32.1 Å². The minimum absolute atomic E-state index is 0.189. The summed E-state index contributed by atoms with van der Waals surface area (Å²) in [6.07, 6.45) is 4.22. The van der Waals surface area contributed by atoms with Gasteiger partial charge in [-0.15, -0.1) is 0 Å². The summed E-state index contributed by atoms with van der Waals surface area (Å²) < 4.78 is 20.1. The fraction of sp³-hybridized carbons (Fsp3) is 0.292. The van der Waals surface area contributed by atoms with Gasteiger partial charge in [-0.2, -0.15) is 5.26 Å². The van der Waals surface area contributed by atoms with Gasteiger partial charge in [0.15, 0.2) is 5.75 Å². The third-order valence-corrected chi connectivity index (χ3v) is 5.71. The molecule has 1 N–H and O–H groups in total. The highest BCUT2D eigenvalue weighted by Crippen LogP contribution is 2.55. The third kappa shape index (κ3) is 4.28. The molecule has 1 aliphatic carbocycles. The van der Waals surface area contributed by atoms with Gasteiger partial charge in [0, 0.05) is 11.6 Å². The van der Waals surface area contributed by atoms with Crippen molar-refractivity contribution in [3.05, 3.63) is 77.3 Å². The van der Waals surface area contributed by atoms with Crippen LogP contribution in [0.25, 0.3) is 0 Å². The number of halogens is 1. The number of nitriles is 1. The molecule has 0 aliphatic heterocycles. The van der Waals surface area contributed by atoms with Gasteiger partial charge in [-0.1, -0.05) is 19.1 Å². The molecule has 1 aliphatic rings. The van der Waals surface area contributed by atoms with Crippen molar-refractivity contribution in [2.75, 3.05) is 11.9 Å². The second-order valence-electron chi connectivity index (χ2n) is 7.83. The number of pyridine rings is 1. The fourth-order valence-electron chi connectivity index (χ4n) is 3.84. The Morgan fingerprint density at radius 3 is 2.84 bits per heavy atom. The maximum atomic E-state index is 14.0. The van der Waals surface area contributed by atoms with Crippen molar-refractivity contribution < 1.29 is 13.9 Å². The number of nitrogens with one attached hydrogen (secondary N) is 1. The predicted octanol–water partition coefficient (Wildman–Crippen LogP) is 3.73. The van der Waals surface area contributed by atoms with E-state index in [9.17, 15) is 9.18 Å². The van der Waals surface area contributed by atoms with Crippen LogP contribution in [0.3, 0.4) is 0 Å². The summed E-state index contributed by atoms with van der Waals surface area (Å²) in [5.41, 5.74) is 1.23. The number of ether oxygens (including phenoxy) is 1. The van der Waals surface area contributed by atoms with E-state index in [4.69, 9.17) is 10.00 Å². The topological polar surface area (TPSA) is 101 Å². The number of anilines is 1. The first-order valence-electron chi connectivity index (χ1n) is 10.3. The molecule has 2 heterocycles. The lowest BCUT2D eigenvalue weighted by Gasteiger charge is -2.20. The monoisotopic (exact) mass is 431 g/mol. The number of aryl methyl sites for hydroxylation is 2. The molecule has 0 bridgehead atoms. The van der Waals surface area contributed by atoms with Gasteiger partial charge >= 0.3 is 0 Å². The molecule has 3 aromatic rings. The van der Waals surface area contributed by atoms with Crippen LogP contribution in [-0.2, 0) is 16.6 Å². The molecule has 0 radical (unpaired) electrons. The molecule has 2 aromatic heterocycles. The second kappa shape index (κ2) is 8.71. The zero-order valence-electron chi connectivity index (χ0n) is 17.8. The number of rotatable bonds is 7. The third-order valence-electron chi connectivity index (χ3n) is 5.71. The van der Waals surface area contributed by atoms with Gasteiger partial charge in [0.1, 0.15) is 23.5 Å². The van der Waals surface area contributed by atoms with Crippen LogP contribution in [0, 0.1) is 30.0 Å². The molecule has 0 saturated heterocycles. The van der Waals surface area contributed by atoms with E-state index >= 15 is 0 Å². The molecule has 4 rings (SSSR count). The van der Waals surface area contributed by atoms with E-state index in [0.717, 1.165) is 5.69 Å². The average Bonchev–Trinajstić information content (AvgIpc) is 3.55. The van der Waals surface area contributed by atoms with Crippen LogP contribution in [0.4, 0.5) is 10.2 Å². The van der Waals surface area contributed by atoms with Crippen LogP contribution in [0.5, 0.6) is 5.75 Å². The molecular weight excluding hydrogens is 409 g/mol. The Kier molecular flexibility index (Phi) is 5.82. The molecule has 7 nitrogen and oxygen atoms in total. The number of hydrogen-bond donors (Lipinski definition) is 1. The Labute approximate surface area is 185 Å². The van der Waals surface area contributed by atoms with E-state index in [2.05, 4.69) is 20.3 Å². The van der Waals surface area contributed by atoms with Crippen molar-refractivity contribution >= 4 is 11.7 Å². The molecule has 8 heteroatoms. The van der Waals surface area contributed by atoms with Gasteiger partial charge in [0.05, 0.1) is 30.0 Å². The van der Waals surface area contributed by atoms with Gasteiger partial charge in [-0.3, -0.25) is 4.79 Å². The van der Waals surface area contributed by atoms with E-state index in [0.29, 0.717) is 41.4 Å². The summed E-state index contributed by atoms with van der Waals surface area (Å²) in [5, 5.41) is 11.7. The van der Waals surface area contributed by atoms with Crippen LogP contribution in [-0.4, -0.2) is 27.5 Å². The number of nitrogens with zero attached hydrogens (tertiary/aromatic N) is 4. The molecule has 0 unspecified atom stereocenters. The number of amides is 1. The fourth-order valence-corrected chi connectivity index (χ4v) is 3.84. The normalized spacial score (nSPS) is 19.1. The van der Waals surface area contributed by atoms with Gasteiger partial charge in [0.2, 0.25) is 5.91 Å². The van der Waals surface area contributed by atoms with Crippen LogP contribution in [0.2, 0.25) is 0 Å². The molecule has 32 heavy (non-hydrogen) atoms. The van der Waals surface area contributed by atoms with Gasteiger partial charge in [0.25, 0.3) is 0 Å². The zero-order chi connectivity index (χ0) is 22.7. The largest absolute Gasteiger partial charge is 0.489 e. The zero-order valence-corrected chi connectivity index (χ0v) is 17.8. The average molecular weight is 431 g/mol. The summed E-state index contributed by atoms with van der Waals surface area (Å²) in [6.45, 7) is 3.99. The first kappa shape index (κ1) is 21.4. The quantitative estimate of drug-likeness (QED) is 0.612. The SMILES string of the molecule is CCc1nc(C)ncc1OC[C@@]1(c2cccc(F)c2)C[C@H]1C(=O)Nc1ccc(C#N)cn1. The highest BCUT2D eigenvalue weighted by Gasteiger charge is 2.60. The van der Waals surface area contributed by atoms with Crippen LogP contribution in [0.15, 0.2) is 48.8 Å². The van der Waals surface area contributed by atoms with Crippen LogP contribution >= 0.6 is 0 Å². The smallest absolute Gasteiger partial charge is 0.229 e. The Bertz CT molecular complexity index is 1190. The van der Waals surface area contributed by atoms with Crippen molar-refractivity contribution in [2.24, 2.45) is 5.92 Å². The van der Waals surface area contributed by atoms with Crippen molar-refractivity contribution in [1.82, 2.24) is 15.0 Å². The lowest BCUT2D eigenvalue weighted by atomic mass is 9.93. The van der Waals surface area contributed by atoms with Gasteiger partial charge in [-0.25, -0.2) is 19.3 Å². The minimum atomic E-state index is -0.672. The number of hydrogen-bond acceptors (Lipinski definition) is 6. The first-order valence-corrected chi connectivity index (χ1v) is 10.3. The van der Waals surface area contributed by atoms with Crippen molar-refractivity contribution in [3.8, 4) is 11.8 Å². The molecule has 162 valence electrons. The number of carbonyl (C=O) groups is 1. The Hall–Kier alpha value is -3.86. The van der Waals surface area contributed by atoms with Gasteiger partial charge in [-0.05, 0) is 49.6 Å². The number of aromatic nitrogens is 3. The van der Waals surface area contributed by atoms with Crippen LogP contribution in [0.1, 0.15) is 36.0 Å². The second-order valence-corrected chi connectivity index (χ2v) is 7.83. The number of benzene rings is 1. The molecule has 1 fully saturated rings. The standard InChI is InChI=1S/C24H22FN5O2/c1-3-20-21(13-27-15(2)29-20)32-14-24(17-5-4-6-18(25)9-17)10-19(24)23(31)30-22-8-7-16(11-26)12-28-22/h4-9,12-13,19H,3,10,14H2,1-2H3,(H,28,30,31)/t19-,24+/m0/s1. The van der Waals surface area contributed by atoms with E-state index in [1.54, 1.807) is 24.4 Å². The maximum Gasteiger partial charge on any atom is 0.229 e. The van der Waals surface area contributed by atoms with Crippen LogP contribution < -0.4 is 10.1 Å². The van der Waals surface area contributed by atoms with E-state index in [1.807, 2.05) is 26.0 Å². The molecule has 2 atom stereocenters. The van der Waals surface area contributed by atoms with Crippen molar-refractivity contribution in [3.63, 3.8) is 0 Å². The summed E-state index contributed by atoms with van der Waals surface area (Å²) in [5.74, 6) is 0.565. The van der Waals surface area contributed by atoms with Crippen molar-refractivity contribution in [1.29, 1.82) is 5.26 Å². The summed E-state index contributed by atoms with van der Waals surface area (Å²) in [7, 11) is 0. The Morgan fingerprint density at radius 2 is 2.16 bits per heavy atom. The molecule has 1 saturated carbocycles. The predicted molar refractivity (Wildman–Crippen MR) is 115 cm³/mol. The Balaban J connectivity index is 1.56.